The third kappa shape index (κ3) is 8.25. The summed E-state index contributed by atoms with van der Waals surface area (Å²) >= 11 is 0. The van der Waals surface area contributed by atoms with Crippen LogP contribution in [0.15, 0.2) is 118 Å². The Labute approximate surface area is 211 Å². The zero-order valence-corrected chi connectivity index (χ0v) is 21.0. The number of ether oxygens (including phenoxy) is 1. The molecule has 0 radical (unpaired) electrons. The molecule has 0 amide bonds. The maximum absolute atomic E-state index is 12.8. The Bertz CT molecular complexity index is 1130. The normalized spacial score (nSPS) is 12.3. The Morgan fingerprint density at radius 2 is 1.28 bits per heavy atom. The molecule has 0 spiro atoms. The number of rotatable bonds is 9. The Morgan fingerprint density at radius 3 is 1.58 bits per heavy atom. The third-order valence-electron chi connectivity index (χ3n) is 4.60. The SMILES string of the molecule is C=C(C)C(=O)OCCC(F)C(F)(F)S(=O)(=O)O.c1ccc([S+](c2ccccc2)c2ccccc2)cc1. The van der Waals surface area contributed by atoms with Gasteiger partial charge in [0.05, 0.1) is 17.5 Å². The monoisotopic (exact) mass is 539 g/mol. The second-order valence-corrected chi connectivity index (χ2v) is 11.0. The van der Waals surface area contributed by atoms with Gasteiger partial charge < -0.3 is 4.74 Å². The fourth-order valence-electron chi connectivity index (χ4n) is 2.79. The van der Waals surface area contributed by atoms with Gasteiger partial charge in [0.15, 0.2) is 20.9 Å². The second kappa shape index (κ2) is 13.3. The summed E-state index contributed by atoms with van der Waals surface area (Å²) in [6, 6.07) is 32.2. The Kier molecular flexibility index (Phi) is 10.8. The zero-order chi connectivity index (χ0) is 26.8. The van der Waals surface area contributed by atoms with Crippen molar-refractivity contribution in [2.24, 2.45) is 0 Å². The maximum Gasteiger partial charge on any atom is 0.400 e. The molecule has 0 fully saturated rings. The van der Waals surface area contributed by atoms with Gasteiger partial charge in [-0.25, -0.2) is 9.18 Å². The largest absolute Gasteiger partial charge is 0.462 e. The molecule has 5 nitrogen and oxygen atoms in total. The van der Waals surface area contributed by atoms with Crippen molar-refractivity contribution in [2.45, 2.75) is 39.5 Å². The molecule has 1 atom stereocenters. The van der Waals surface area contributed by atoms with Crippen LogP contribution >= 0.6 is 0 Å². The predicted octanol–water partition coefficient (Wildman–Crippen LogP) is 6.10. The zero-order valence-electron chi connectivity index (χ0n) is 19.4. The fourth-order valence-corrected chi connectivity index (χ4v) is 5.33. The molecule has 3 aromatic carbocycles. The summed E-state index contributed by atoms with van der Waals surface area (Å²) in [4.78, 5) is 14.9. The van der Waals surface area contributed by atoms with Gasteiger partial charge in [0.2, 0.25) is 0 Å². The van der Waals surface area contributed by atoms with E-state index in [0.29, 0.717) is 0 Å². The molecule has 1 unspecified atom stereocenters. The average molecular weight is 540 g/mol. The molecule has 0 aliphatic rings. The number of esters is 1. The van der Waals surface area contributed by atoms with E-state index >= 15 is 0 Å². The molecule has 0 bridgehead atoms. The molecule has 0 heterocycles. The van der Waals surface area contributed by atoms with Crippen molar-refractivity contribution in [3.8, 4) is 0 Å². The van der Waals surface area contributed by atoms with Crippen molar-refractivity contribution in [3.05, 3.63) is 103 Å². The fraction of sp³-hybridized carbons (Fsp3) is 0.192. The van der Waals surface area contributed by atoms with Gasteiger partial charge in [-0.15, -0.1) is 0 Å². The van der Waals surface area contributed by atoms with Gasteiger partial charge in [0, 0.05) is 12.0 Å². The summed E-state index contributed by atoms with van der Waals surface area (Å²) < 4.78 is 70.8. The van der Waals surface area contributed by atoms with E-state index in [1.54, 1.807) is 0 Å². The highest BCUT2D eigenvalue weighted by molar-refractivity contribution is 7.97. The molecule has 3 aromatic rings. The van der Waals surface area contributed by atoms with Crippen LogP contribution in [0.2, 0.25) is 0 Å². The Hall–Kier alpha value is -3.08. The molecule has 10 heteroatoms. The van der Waals surface area contributed by atoms with Crippen LogP contribution in [-0.2, 0) is 30.5 Å². The minimum absolute atomic E-state index is 0.0121. The number of carbonyl (C=O) groups excluding carboxylic acids is 1. The van der Waals surface area contributed by atoms with E-state index in [2.05, 4.69) is 102 Å². The van der Waals surface area contributed by atoms with Crippen molar-refractivity contribution in [1.29, 1.82) is 0 Å². The van der Waals surface area contributed by atoms with Crippen LogP contribution in [0.25, 0.3) is 0 Å². The first-order valence-electron chi connectivity index (χ1n) is 10.7. The van der Waals surface area contributed by atoms with Crippen LogP contribution in [0.3, 0.4) is 0 Å². The summed E-state index contributed by atoms with van der Waals surface area (Å²) in [5, 5.41) is -4.93. The minimum atomic E-state index is -5.83. The van der Waals surface area contributed by atoms with Gasteiger partial charge in [0.25, 0.3) is 0 Å². The average Bonchev–Trinajstić information content (AvgIpc) is 2.85. The lowest BCUT2D eigenvalue weighted by Crippen LogP contribution is -2.39. The van der Waals surface area contributed by atoms with Crippen molar-refractivity contribution in [3.63, 3.8) is 0 Å². The highest BCUT2D eigenvalue weighted by atomic mass is 32.2. The first-order chi connectivity index (χ1) is 16.9. The minimum Gasteiger partial charge on any atom is -0.462 e. The van der Waals surface area contributed by atoms with E-state index in [9.17, 15) is 26.4 Å². The number of hydrogen-bond donors (Lipinski definition) is 1. The molecule has 1 N–H and O–H groups in total. The van der Waals surface area contributed by atoms with Crippen molar-refractivity contribution in [1.82, 2.24) is 0 Å². The first-order valence-corrected chi connectivity index (χ1v) is 13.3. The third-order valence-corrected chi connectivity index (χ3v) is 7.77. The molecule has 0 aliphatic carbocycles. The number of hydrogen-bond acceptors (Lipinski definition) is 4. The van der Waals surface area contributed by atoms with E-state index in [4.69, 9.17) is 4.55 Å². The molecular formula is C26H26F3O5S2+. The van der Waals surface area contributed by atoms with E-state index in [-0.39, 0.29) is 16.5 Å². The number of halogens is 3. The molecule has 0 saturated carbocycles. The summed E-state index contributed by atoms with van der Waals surface area (Å²) in [7, 11) is -5.85. The van der Waals surface area contributed by atoms with Crippen LogP contribution in [0.1, 0.15) is 13.3 Å². The van der Waals surface area contributed by atoms with Gasteiger partial charge in [-0.2, -0.15) is 17.2 Å². The van der Waals surface area contributed by atoms with E-state index in [1.165, 1.54) is 21.6 Å². The van der Waals surface area contributed by atoms with Crippen molar-refractivity contribution in [2.75, 3.05) is 6.61 Å². The van der Waals surface area contributed by atoms with Gasteiger partial charge in [0.1, 0.15) is 0 Å². The molecule has 3 rings (SSSR count). The van der Waals surface area contributed by atoms with E-state index < -0.39 is 40.5 Å². The predicted molar refractivity (Wildman–Crippen MR) is 133 cm³/mol. The smallest absolute Gasteiger partial charge is 0.400 e. The van der Waals surface area contributed by atoms with Crippen molar-refractivity contribution >= 4 is 27.0 Å². The number of carbonyl (C=O) groups is 1. The molecule has 0 aromatic heterocycles. The summed E-state index contributed by atoms with van der Waals surface area (Å²) in [5.74, 6) is -0.910. The maximum atomic E-state index is 12.8. The molecule has 192 valence electrons. The van der Waals surface area contributed by atoms with Crippen LogP contribution < -0.4 is 0 Å². The Morgan fingerprint density at radius 1 is 0.917 bits per heavy atom. The highest BCUT2D eigenvalue weighted by Crippen LogP contribution is 2.31. The standard InChI is InChI=1S/C18H15S.C8H11F3O5S/c1-4-10-16(11-5-1)19(17-12-6-2-7-13-17)18-14-8-3-9-15-18;1-5(2)7(12)16-4-3-6(9)8(10,11)17(13,14)15/h1-15H;6H,1,3-4H2,2H3,(H,13,14,15)/q+1;. The summed E-state index contributed by atoms with van der Waals surface area (Å²) in [6.07, 6.45) is -4.23. The lowest BCUT2D eigenvalue weighted by Gasteiger charge is -2.17. The Balaban J connectivity index is 0.000000256. The molecular weight excluding hydrogens is 513 g/mol. The number of alkyl halides is 3. The van der Waals surface area contributed by atoms with Gasteiger partial charge in [-0.1, -0.05) is 61.2 Å². The first kappa shape index (κ1) is 29.2. The van der Waals surface area contributed by atoms with E-state index in [1.807, 2.05) is 0 Å². The highest BCUT2D eigenvalue weighted by Gasteiger charge is 2.52. The van der Waals surface area contributed by atoms with Crippen LogP contribution in [0, 0.1) is 0 Å². The van der Waals surface area contributed by atoms with Gasteiger partial charge >= 0.3 is 21.3 Å². The molecule has 36 heavy (non-hydrogen) atoms. The number of benzene rings is 3. The lowest BCUT2D eigenvalue weighted by atomic mass is 10.3. The lowest BCUT2D eigenvalue weighted by molar-refractivity contribution is -0.140. The van der Waals surface area contributed by atoms with Crippen LogP contribution in [0.5, 0.6) is 0 Å². The van der Waals surface area contributed by atoms with Crippen LogP contribution in [-0.4, -0.2) is 37.0 Å². The quantitative estimate of drug-likeness (QED) is 0.154. The summed E-state index contributed by atoms with van der Waals surface area (Å²) in [6.45, 7) is 3.73. The van der Waals surface area contributed by atoms with Crippen molar-refractivity contribution < 1.29 is 35.7 Å². The summed E-state index contributed by atoms with van der Waals surface area (Å²) in [5.41, 5.74) is -0.0121. The second-order valence-electron chi connectivity index (χ2n) is 7.45. The van der Waals surface area contributed by atoms with Gasteiger partial charge in [-0.3, -0.25) is 4.55 Å². The van der Waals surface area contributed by atoms with Crippen LogP contribution in [0.4, 0.5) is 13.2 Å². The molecule has 0 saturated heterocycles. The topological polar surface area (TPSA) is 80.7 Å². The van der Waals surface area contributed by atoms with E-state index in [0.717, 1.165) is 0 Å². The van der Waals surface area contributed by atoms with Gasteiger partial charge in [-0.05, 0) is 43.3 Å². The molecule has 0 aliphatic heterocycles.